The maximum atomic E-state index is 13.6. The third-order valence-electron chi connectivity index (χ3n) is 5.60. The van der Waals surface area contributed by atoms with E-state index in [2.05, 4.69) is 29.8 Å². The summed E-state index contributed by atoms with van der Waals surface area (Å²) in [7, 11) is -4.10. The molecule has 0 aliphatic carbocycles. The number of anilines is 1. The number of halogens is 1. The van der Waals surface area contributed by atoms with E-state index in [-0.39, 0.29) is 17.9 Å². The van der Waals surface area contributed by atoms with Gasteiger partial charge in [0.15, 0.2) is 0 Å². The van der Waals surface area contributed by atoms with Crippen molar-refractivity contribution in [2.75, 3.05) is 4.90 Å². The van der Waals surface area contributed by atoms with Crippen LogP contribution in [0.1, 0.15) is 37.5 Å². The minimum absolute atomic E-state index is 0.0252. The molecule has 172 valence electrons. The second-order valence-corrected chi connectivity index (χ2v) is 10.9. The van der Waals surface area contributed by atoms with E-state index < -0.39 is 27.9 Å². The molecule has 33 heavy (non-hydrogen) atoms. The summed E-state index contributed by atoms with van der Waals surface area (Å²) in [6.07, 6.45) is 1.19. The summed E-state index contributed by atoms with van der Waals surface area (Å²) in [5.41, 5.74) is 1.50. The summed E-state index contributed by atoms with van der Waals surface area (Å²) >= 11 is 3.30. The van der Waals surface area contributed by atoms with Crippen molar-refractivity contribution < 1.29 is 22.4 Å². The number of carbonyl (C=O) groups excluding carboxylic acids is 2. The molecule has 0 N–H and O–H groups in total. The largest absolute Gasteiger partial charge is 0.468 e. The van der Waals surface area contributed by atoms with Crippen molar-refractivity contribution >= 4 is 43.5 Å². The van der Waals surface area contributed by atoms with Crippen molar-refractivity contribution in [2.24, 2.45) is 0 Å². The van der Waals surface area contributed by atoms with Crippen LogP contribution >= 0.6 is 15.9 Å². The quantitative estimate of drug-likeness (QED) is 0.413. The maximum Gasteiger partial charge on any atom is 0.252 e. The highest BCUT2D eigenvalue weighted by Crippen LogP contribution is 2.31. The van der Waals surface area contributed by atoms with Gasteiger partial charge >= 0.3 is 0 Å². The van der Waals surface area contributed by atoms with Crippen LogP contribution in [0, 0.1) is 0 Å². The van der Waals surface area contributed by atoms with Crippen molar-refractivity contribution in [1.29, 1.82) is 0 Å². The Labute approximate surface area is 201 Å². The first-order chi connectivity index (χ1) is 15.7. The number of furan rings is 1. The number of benzene rings is 2. The first-order valence-corrected chi connectivity index (χ1v) is 12.7. The van der Waals surface area contributed by atoms with Gasteiger partial charge in [-0.15, -0.1) is 0 Å². The number of carbonyl (C=O) groups is 2. The van der Waals surface area contributed by atoms with Crippen LogP contribution in [0.15, 0.2) is 80.7 Å². The molecule has 3 aromatic rings. The minimum Gasteiger partial charge on any atom is -0.468 e. The van der Waals surface area contributed by atoms with Crippen LogP contribution in [-0.4, -0.2) is 30.6 Å². The van der Waals surface area contributed by atoms with Gasteiger partial charge in [-0.3, -0.25) is 9.59 Å². The van der Waals surface area contributed by atoms with Crippen LogP contribution in [-0.2, 0) is 26.2 Å². The topological polar surface area (TPSA) is 87.9 Å². The smallest absolute Gasteiger partial charge is 0.252 e. The summed E-state index contributed by atoms with van der Waals surface area (Å²) in [4.78, 5) is 27.4. The third-order valence-corrected chi connectivity index (χ3v) is 8.00. The molecule has 0 saturated carbocycles. The van der Waals surface area contributed by atoms with Crippen LogP contribution in [0.4, 0.5) is 5.69 Å². The monoisotopic (exact) mass is 530 g/mol. The van der Waals surface area contributed by atoms with Crippen LogP contribution in [0.3, 0.4) is 0 Å². The van der Waals surface area contributed by atoms with Crippen molar-refractivity contribution in [1.82, 2.24) is 4.31 Å². The predicted molar refractivity (Wildman–Crippen MR) is 127 cm³/mol. The van der Waals surface area contributed by atoms with Gasteiger partial charge < -0.3 is 4.42 Å². The Morgan fingerprint density at radius 1 is 1.06 bits per heavy atom. The average Bonchev–Trinajstić information content (AvgIpc) is 3.39. The Bertz CT molecular complexity index is 1250. The van der Waals surface area contributed by atoms with E-state index in [4.69, 9.17) is 4.42 Å². The van der Waals surface area contributed by atoms with E-state index in [9.17, 15) is 18.0 Å². The molecule has 1 aliphatic heterocycles. The summed E-state index contributed by atoms with van der Waals surface area (Å²) in [6, 6.07) is 15.4. The summed E-state index contributed by atoms with van der Waals surface area (Å²) in [5.74, 6) is -0.352. The molecule has 4 rings (SSSR count). The fourth-order valence-electron chi connectivity index (χ4n) is 3.78. The Morgan fingerprint density at radius 2 is 1.73 bits per heavy atom. The maximum absolute atomic E-state index is 13.6. The Morgan fingerprint density at radius 3 is 2.30 bits per heavy atom. The number of hydrogen-bond donors (Lipinski definition) is 0. The zero-order chi connectivity index (χ0) is 23.8. The lowest BCUT2D eigenvalue weighted by Crippen LogP contribution is -2.45. The van der Waals surface area contributed by atoms with E-state index in [0.717, 1.165) is 19.2 Å². The molecule has 7 nitrogen and oxygen atoms in total. The normalized spacial score (nSPS) is 16.9. The average molecular weight is 531 g/mol. The fourth-order valence-corrected chi connectivity index (χ4v) is 5.59. The molecular weight excluding hydrogens is 508 g/mol. The van der Waals surface area contributed by atoms with Gasteiger partial charge in [0.1, 0.15) is 11.8 Å². The lowest BCUT2D eigenvalue weighted by molar-refractivity contribution is -0.122. The van der Waals surface area contributed by atoms with Crippen LogP contribution < -0.4 is 4.90 Å². The predicted octanol–water partition coefficient (Wildman–Crippen LogP) is 4.69. The number of imide groups is 1. The van der Waals surface area contributed by atoms with Crippen molar-refractivity contribution in [2.45, 2.75) is 43.7 Å². The molecule has 1 fully saturated rings. The van der Waals surface area contributed by atoms with E-state index in [1.165, 1.54) is 18.4 Å². The Kier molecular flexibility index (Phi) is 6.56. The lowest BCUT2D eigenvalue weighted by atomic mass is 10.0. The number of rotatable bonds is 7. The highest BCUT2D eigenvalue weighted by atomic mass is 79.9. The van der Waals surface area contributed by atoms with Gasteiger partial charge in [-0.25, -0.2) is 13.3 Å². The number of hydrogen-bond acceptors (Lipinski definition) is 5. The van der Waals surface area contributed by atoms with Gasteiger partial charge in [0.25, 0.3) is 5.91 Å². The van der Waals surface area contributed by atoms with E-state index in [1.807, 2.05) is 12.1 Å². The molecule has 0 bridgehead atoms. The van der Waals surface area contributed by atoms with Crippen LogP contribution in [0.2, 0.25) is 0 Å². The zero-order valence-electron chi connectivity index (χ0n) is 18.1. The lowest BCUT2D eigenvalue weighted by Gasteiger charge is -2.26. The van der Waals surface area contributed by atoms with Gasteiger partial charge in [0, 0.05) is 4.47 Å². The third kappa shape index (κ3) is 4.66. The van der Waals surface area contributed by atoms with E-state index in [0.29, 0.717) is 17.4 Å². The second kappa shape index (κ2) is 9.24. The first kappa shape index (κ1) is 23.4. The standard InChI is InChI=1S/C24H23BrN2O5S/c1-16(2)17-5-9-19(10-6-17)27-23(28)14-22(24(27)29)26(15-20-4-3-13-32-20)33(30,31)21-11-7-18(25)8-12-21/h3-13,16,22H,14-15H2,1-2H3. The summed E-state index contributed by atoms with van der Waals surface area (Å²) in [5, 5.41) is 0. The summed E-state index contributed by atoms with van der Waals surface area (Å²) in [6.45, 7) is 3.93. The molecule has 0 radical (unpaired) electrons. The van der Waals surface area contributed by atoms with Crippen molar-refractivity contribution in [3.63, 3.8) is 0 Å². The molecular formula is C24H23BrN2O5S. The highest BCUT2D eigenvalue weighted by Gasteiger charge is 2.47. The molecule has 1 atom stereocenters. The first-order valence-electron chi connectivity index (χ1n) is 10.4. The number of nitrogens with zero attached hydrogens (tertiary/aromatic N) is 2. The molecule has 1 aliphatic rings. The van der Waals surface area contributed by atoms with Gasteiger partial charge in [-0.1, -0.05) is 41.9 Å². The Hall–Kier alpha value is -2.75. The van der Waals surface area contributed by atoms with Crippen molar-refractivity contribution in [3.05, 3.63) is 82.7 Å². The van der Waals surface area contributed by atoms with Crippen LogP contribution in [0.5, 0.6) is 0 Å². The van der Waals surface area contributed by atoms with Gasteiger partial charge in [0.2, 0.25) is 15.9 Å². The van der Waals surface area contributed by atoms with Gasteiger partial charge in [-0.2, -0.15) is 4.31 Å². The number of amides is 2. The van der Waals surface area contributed by atoms with Crippen molar-refractivity contribution in [3.8, 4) is 0 Å². The zero-order valence-corrected chi connectivity index (χ0v) is 20.5. The molecule has 0 spiro atoms. The molecule has 2 aromatic carbocycles. The SMILES string of the molecule is CC(C)c1ccc(N2C(=O)CC(N(Cc3ccco3)S(=O)(=O)c3ccc(Br)cc3)C2=O)cc1. The van der Waals surface area contributed by atoms with E-state index >= 15 is 0 Å². The van der Waals surface area contributed by atoms with Gasteiger partial charge in [0.05, 0.1) is 29.8 Å². The fraction of sp³-hybridized carbons (Fsp3) is 0.250. The molecule has 2 amide bonds. The van der Waals surface area contributed by atoms with Crippen LogP contribution in [0.25, 0.3) is 0 Å². The highest BCUT2D eigenvalue weighted by molar-refractivity contribution is 9.10. The minimum atomic E-state index is -4.10. The molecule has 2 heterocycles. The molecule has 1 aromatic heterocycles. The molecule has 9 heteroatoms. The second-order valence-electron chi connectivity index (χ2n) is 8.12. The molecule has 1 unspecified atom stereocenters. The Balaban J connectivity index is 1.70. The molecule has 1 saturated heterocycles. The van der Waals surface area contributed by atoms with Gasteiger partial charge in [-0.05, 0) is 60.0 Å². The van der Waals surface area contributed by atoms with E-state index in [1.54, 1.807) is 36.4 Å². The number of sulfonamides is 1. The summed E-state index contributed by atoms with van der Waals surface area (Å²) < 4.78 is 34.3.